The number of nitrogen functional groups attached to an aromatic ring is 1. The summed E-state index contributed by atoms with van der Waals surface area (Å²) in [6.07, 6.45) is 7.48. The predicted molar refractivity (Wildman–Crippen MR) is 75.1 cm³/mol. The molecule has 1 aromatic heterocycles. The molecule has 2 rings (SSSR count). The molecule has 1 fully saturated rings. The Morgan fingerprint density at radius 3 is 2.74 bits per heavy atom. The Bertz CT molecular complexity index is 468. The summed E-state index contributed by atoms with van der Waals surface area (Å²) in [7, 11) is 1.34. The van der Waals surface area contributed by atoms with Crippen LogP contribution in [-0.2, 0) is 4.74 Å². The van der Waals surface area contributed by atoms with Crippen molar-refractivity contribution in [2.45, 2.75) is 44.6 Å². The molecule has 0 unspecified atom stereocenters. The number of nitrogens with one attached hydrogen (secondary N) is 1. The molecule has 5 heteroatoms. The number of carbonyl (C=O) groups excluding carboxylic acids is 1. The maximum Gasteiger partial charge on any atom is 0.340 e. The van der Waals surface area contributed by atoms with Gasteiger partial charge in [-0.2, -0.15) is 0 Å². The van der Waals surface area contributed by atoms with Crippen LogP contribution in [0.4, 0.5) is 11.5 Å². The number of rotatable bonds is 3. The number of ether oxygens (including phenoxy) is 1. The molecule has 0 atom stereocenters. The molecule has 19 heavy (non-hydrogen) atoms. The van der Waals surface area contributed by atoms with Gasteiger partial charge in [0.25, 0.3) is 0 Å². The Kier molecular flexibility index (Phi) is 3.93. The zero-order valence-electron chi connectivity index (χ0n) is 11.5. The molecule has 1 aliphatic carbocycles. The molecule has 0 radical (unpaired) electrons. The molecule has 0 amide bonds. The summed E-state index contributed by atoms with van der Waals surface area (Å²) in [5.41, 5.74) is 6.49. The van der Waals surface area contributed by atoms with E-state index in [1.807, 2.05) is 0 Å². The summed E-state index contributed by atoms with van der Waals surface area (Å²) in [5, 5.41) is 3.43. The topological polar surface area (TPSA) is 77.2 Å². The Morgan fingerprint density at radius 2 is 2.11 bits per heavy atom. The monoisotopic (exact) mass is 263 g/mol. The second-order valence-corrected chi connectivity index (χ2v) is 5.39. The molecule has 1 aliphatic rings. The molecule has 1 saturated carbocycles. The van der Waals surface area contributed by atoms with E-state index in [-0.39, 0.29) is 5.54 Å². The number of nitrogens with two attached hydrogens (primary N) is 1. The number of aromatic nitrogens is 1. The van der Waals surface area contributed by atoms with Crippen molar-refractivity contribution >= 4 is 17.5 Å². The minimum absolute atomic E-state index is 0.0504. The highest BCUT2D eigenvalue weighted by molar-refractivity contribution is 5.95. The van der Waals surface area contributed by atoms with Crippen LogP contribution in [0, 0.1) is 0 Å². The van der Waals surface area contributed by atoms with Crippen molar-refractivity contribution in [2.75, 3.05) is 18.2 Å². The van der Waals surface area contributed by atoms with E-state index in [1.54, 1.807) is 6.07 Å². The molecule has 1 aromatic rings. The molecule has 0 saturated heterocycles. The zero-order chi connectivity index (χ0) is 13.9. The number of nitrogens with zero attached hydrogens (tertiary/aromatic N) is 1. The van der Waals surface area contributed by atoms with Gasteiger partial charge in [0.2, 0.25) is 0 Å². The Labute approximate surface area is 113 Å². The van der Waals surface area contributed by atoms with Crippen molar-refractivity contribution in [3.8, 4) is 0 Å². The molecular formula is C14H21N3O2. The molecule has 1 heterocycles. The van der Waals surface area contributed by atoms with Gasteiger partial charge in [0.05, 0.1) is 24.6 Å². The summed E-state index contributed by atoms with van der Waals surface area (Å²) in [5.74, 6) is 0.246. The second-order valence-electron chi connectivity index (χ2n) is 5.39. The van der Waals surface area contributed by atoms with Crippen LogP contribution in [0.15, 0.2) is 12.3 Å². The van der Waals surface area contributed by atoms with Gasteiger partial charge in [0.1, 0.15) is 5.82 Å². The van der Waals surface area contributed by atoms with Crippen LogP contribution < -0.4 is 11.1 Å². The van der Waals surface area contributed by atoms with E-state index in [2.05, 4.69) is 17.2 Å². The number of carbonyl (C=O) groups is 1. The van der Waals surface area contributed by atoms with Gasteiger partial charge in [-0.15, -0.1) is 0 Å². The lowest BCUT2D eigenvalue weighted by Crippen LogP contribution is -2.37. The van der Waals surface area contributed by atoms with Crippen molar-refractivity contribution in [3.05, 3.63) is 17.8 Å². The standard InChI is InChI=1S/C14H21N3O2/c1-14(6-4-3-5-7-14)17-12-8-10(13(18)19-2)11(15)9-16-12/h8-9H,3-7,15H2,1-2H3,(H,16,17). The highest BCUT2D eigenvalue weighted by atomic mass is 16.5. The van der Waals surface area contributed by atoms with Crippen molar-refractivity contribution in [3.63, 3.8) is 0 Å². The van der Waals surface area contributed by atoms with E-state index in [0.29, 0.717) is 17.1 Å². The van der Waals surface area contributed by atoms with Crippen molar-refractivity contribution in [1.82, 2.24) is 4.98 Å². The van der Waals surface area contributed by atoms with Crippen LogP contribution in [0.2, 0.25) is 0 Å². The number of hydrogen-bond donors (Lipinski definition) is 2. The molecule has 0 spiro atoms. The third-order valence-corrected chi connectivity index (χ3v) is 3.73. The van der Waals surface area contributed by atoms with Gasteiger partial charge in [0, 0.05) is 5.54 Å². The van der Waals surface area contributed by atoms with Crippen molar-refractivity contribution in [1.29, 1.82) is 0 Å². The van der Waals surface area contributed by atoms with E-state index in [1.165, 1.54) is 32.6 Å². The van der Waals surface area contributed by atoms with Crippen LogP contribution >= 0.6 is 0 Å². The van der Waals surface area contributed by atoms with Crippen LogP contribution in [0.3, 0.4) is 0 Å². The van der Waals surface area contributed by atoms with Crippen LogP contribution in [0.25, 0.3) is 0 Å². The lowest BCUT2D eigenvalue weighted by atomic mass is 9.83. The number of hydrogen-bond acceptors (Lipinski definition) is 5. The third-order valence-electron chi connectivity index (χ3n) is 3.73. The third kappa shape index (κ3) is 3.16. The van der Waals surface area contributed by atoms with E-state index < -0.39 is 5.97 Å². The summed E-state index contributed by atoms with van der Waals surface area (Å²) >= 11 is 0. The van der Waals surface area contributed by atoms with E-state index in [0.717, 1.165) is 12.8 Å². The van der Waals surface area contributed by atoms with Gasteiger partial charge in [0.15, 0.2) is 0 Å². The fraction of sp³-hybridized carbons (Fsp3) is 0.571. The van der Waals surface area contributed by atoms with Gasteiger partial charge in [-0.1, -0.05) is 19.3 Å². The number of esters is 1. The maximum atomic E-state index is 11.6. The molecule has 3 N–H and O–H groups in total. The molecule has 0 aliphatic heterocycles. The lowest BCUT2D eigenvalue weighted by Gasteiger charge is -2.35. The summed E-state index contributed by atoms with van der Waals surface area (Å²) in [6.45, 7) is 2.20. The van der Waals surface area contributed by atoms with Gasteiger partial charge in [-0.05, 0) is 25.8 Å². The number of methoxy groups -OCH3 is 1. The average molecular weight is 263 g/mol. The fourth-order valence-electron chi connectivity index (χ4n) is 2.59. The van der Waals surface area contributed by atoms with Gasteiger partial charge in [-0.25, -0.2) is 9.78 Å². The first kappa shape index (κ1) is 13.6. The van der Waals surface area contributed by atoms with E-state index in [9.17, 15) is 4.79 Å². The van der Waals surface area contributed by atoms with Gasteiger partial charge in [-0.3, -0.25) is 0 Å². The first-order chi connectivity index (χ1) is 9.04. The van der Waals surface area contributed by atoms with Crippen LogP contribution in [0.1, 0.15) is 49.4 Å². The number of pyridine rings is 1. The molecule has 104 valence electrons. The number of anilines is 2. The summed E-state index contributed by atoms with van der Waals surface area (Å²) < 4.78 is 4.71. The summed E-state index contributed by atoms with van der Waals surface area (Å²) in [6, 6.07) is 1.67. The molecule has 5 nitrogen and oxygen atoms in total. The largest absolute Gasteiger partial charge is 0.465 e. The molecule has 0 aromatic carbocycles. The summed E-state index contributed by atoms with van der Waals surface area (Å²) in [4.78, 5) is 15.9. The first-order valence-electron chi connectivity index (χ1n) is 6.66. The highest BCUT2D eigenvalue weighted by Gasteiger charge is 2.27. The van der Waals surface area contributed by atoms with Crippen LogP contribution in [-0.4, -0.2) is 23.6 Å². The van der Waals surface area contributed by atoms with E-state index in [4.69, 9.17) is 10.5 Å². The lowest BCUT2D eigenvalue weighted by molar-refractivity contribution is 0.0602. The highest BCUT2D eigenvalue weighted by Crippen LogP contribution is 2.31. The fourth-order valence-corrected chi connectivity index (χ4v) is 2.59. The average Bonchev–Trinajstić information content (AvgIpc) is 2.40. The normalized spacial score (nSPS) is 17.8. The Balaban J connectivity index is 2.19. The first-order valence-corrected chi connectivity index (χ1v) is 6.66. The van der Waals surface area contributed by atoms with Crippen LogP contribution in [0.5, 0.6) is 0 Å². The SMILES string of the molecule is COC(=O)c1cc(NC2(C)CCCCC2)ncc1N. The van der Waals surface area contributed by atoms with Crippen molar-refractivity contribution < 1.29 is 9.53 Å². The van der Waals surface area contributed by atoms with Gasteiger partial charge < -0.3 is 15.8 Å². The second kappa shape index (κ2) is 5.47. The predicted octanol–water partition coefficient (Wildman–Crippen LogP) is 2.59. The Morgan fingerprint density at radius 1 is 1.42 bits per heavy atom. The minimum atomic E-state index is -0.434. The maximum absolute atomic E-state index is 11.6. The molecular weight excluding hydrogens is 242 g/mol. The minimum Gasteiger partial charge on any atom is -0.465 e. The van der Waals surface area contributed by atoms with Gasteiger partial charge >= 0.3 is 5.97 Å². The smallest absolute Gasteiger partial charge is 0.340 e. The Hall–Kier alpha value is -1.78. The quantitative estimate of drug-likeness (QED) is 0.820. The van der Waals surface area contributed by atoms with E-state index >= 15 is 0 Å². The molecule has 0 bridgehead atoms. The van der Waals surface area contributed by atoms with Crippen molar-refractivity contribution in [2.24, 2.45) is 0 Å². The zero-order valence-corrected chi connectivity index (χ0v) is 11.5.